The average molecular weight is 311 g/mol. The normalized spacial score (nSPS) is 18.4. The Bertz CT molecular complexity index is 430. The van der Waals surface area contributed by atoms with Gasteiger partial charge in [0.25, 0.3) is 0 Å². The van der Waals surface area contributed by atoms with Crippen LogP contribution in [0.15, 0.2) is 30.3 Å². The van der Waals surface area contributed by atoms with E-state index in [9.17, 15) is 4.79 Å². The second-order valence-electron chi connectivity index (χ2n) is 6.14. The highest BCUT2D eigenvalue weighted by atomic mass is 35.5. The minimum Gasteiger partial charge on any atom is -0.350 e. The number of benzene rings is 1. The van der Waals surface area contributed by atoms with Gasteiger partial charge in [-0.15, -0.1) is 12.4 Å². The number of carbonyl (C=O) groups is 1. The smallest absolute Gasteiger partial charge is 0.221 e. The van der Waals surface area contributed by atoms with Gasteiger partial charge in [-0.3, -0.25) is 4.79 Å². The van der Waals surface area contributed by atoms with E-state index in [1.165, 1.54) is 19.3 Å². The summed E-state index contributed by atoms with van der Waals surface area (Å²) in [5.41, 5.74) is 7.13. The number of rotatable bonds is 5. The fourth-order valence-electron chi connectivity index (χ4n) is 3.21. The summed E-state index contributed by atoms with van der Waals surface area (Å²) in [7, 11) is 0. The van der Waals surface area contributed by atoms with E-state index in [4.69, 9.17) is 5.73 Å². The topological polar surface area (TPSA) is 55.1 Å². The minimum absolute atomic E-state index is 0. The molecule has 0 bridgehead atoms. The van der Waals surface area contributed by atoms with E-state index in [1.807, 2.05) is 37.3 Å². The van der Waals surface area contributed by atoms with Gasteiger partial charge >= 0.3 is 0 Å². The fraction of sp³-hybridized carbons (Fsp3) is 0.588. The van der Waals surface area contributed by atoms with Crippen molar-refractivity contribution in [3.8, 4) is 0 Å². The Morgan fingerprint density at radius 2 is 1.86 bits per heavy atom. The molecular weight excluding hydrogens is 284 g/mol. The number of nitrogens with two attached hydrogens (primary N) is 1. The molecule has 1 unspecified atom stereocenters. The molecule has 21 heavy (non-hydrogen) atoms. The van der Waals surface area contributed by atoms with Gasteiger partial charge in [-0.2, -0.15) is 0 Å². The van der Waals surface area contributed by atoms with Crippen LogP contribution in [0.2, 0.25) is 0 Å². The molecule has 1 aliphatic carbocycles. The summed E-state index contributed by atoms with van der Waals surface area (Å²) in [6.45, 7) is 2.66. The molecule has 0 aliphatic heterocycles. The molecule has 1 aliphatic rings. The van der Waals surface area contributed by atoms with Gasteiger partial charge in [0.1, 0.15) is 0 Å². The third-order valence-corrected chi connectivity index (χ3v) is 4.56. The van der Waals surface area contributed by atoms with Crippen LogP contribution in [0.4, 0.5) is 0 Å². The van der Waals surface area contributed by atoms with Crippen molar-refractivity contribution in [3.63, 3.8) is 0 Å². The Kier molecular flexibility index (Phi) is 7.20. The van der Waals surface area contributed by atoms with Crippen molar-refractivity contribution in [1.29, 1.82) is 0 Å². The lowest BCUT2D eigenvalue weighted by Gasteiger charge is -2.36. The average Bonchev–Trinajstić information content (AvgIpc) is 2.49. The van der Waals surface area contributed by atoms with Crippen LogP contribution in [0.1, 0.15) is 57.1 Å². The second kappa shape index (κ2) is 8.40. The number of hydrogen-bond acceptors (Lipinski definition) is 2. The molecule has 2 rings (SSSR count). The van der Waals surface area contributed by atoms with Crippen molar-refractivity contribution in [1.82, 2.24) is 5.32 Å². The van der Waals surface area contributed by atoms with Gasteiger partial charge in [0.05, 0.1) is 6.04 Å². The predicted octanol–water partition coefficient (Wildman–Crippen LogP) is 3.58. The molecular formula is C17H27ClN2O. The quantitative estimate of drug-likeness (QED) is 0.873. The van der Waals surface area contributed by atoms with E-state index in [1.54, 1.807) is 0 Å². The van der Waals surface area contributed by atoms with Crippen LogP contribution in [-0.2, 0) is 4.79 Å². The molecule has 1 fully saturated rings. The van der Waals surface area contributed by atoms with Crippen LogP contribution in [0.25, 0.3) is 0 Å². The van der Waals surface area contributed by atoms with Crippen LogP contribution in [0, 0.1) is 5.41 Å². The molecule has 0 radical (unpaired) electrons. The summed E-state index contributed by atoms with van der Waals surface area (Å²) in [4.78, 5) is 12.3. The van der Waals surface area contributed by atoms with E-state index in [0.29, 0.717) is 13.0 Å². The lowest BCUT2D eigenvalue weighted by Crippen LogP contribution is -2.39. The van der Waals surface area contributed by atoms with Crippen molar-refractivity contribution in [3.05, 3.63) is 35.9 Å². The second-order valence-corrected chi connectivity index (χ2v) is 6.14. The minimum atomic E-state index is 0. The van der Waals surface area contributed by atoms with Gasteiger partial charge < -0.3 is 11.1 Å². The van der Waals surface area contributed by atoms with Crippen molar-refractivity contribution in [2.75, 3.05) is 6.54 Å². The number of halogens is 1. The van der Waals surface area contributed by atoms with E-state index >= 15 is 0 Å². The number of hydrogen-bond donors (Lipinski definition) is 2. The summed E-state index contributed by atoms with van der Waals surface area (Å²) in [6.07, 6.45) is 6.45. The molecule has 0 heterocycles. The Morgan fingerprint density at radius 1 is 1.24 bits per heavy atom. The summed E-state index contributed by atoms with van der Waals surface area (Å²) in [5, 5.41) is 3.11. The zero-order chi connectivity index (χ0) is 14.4. The van der Waals surface area contributed by atoms with E-state index in [0.717, 1.165) is 18.4 Å². The van der Waals surface area contributed by atoms with E-state index in [2.05, 4.69) is 5.32 Å². The van der Waals surface area contributed by atoms with Crippen molar-refractivity contribution >= 4 is 18.3 Å². The summed E-state index contributed by atoms with van der Waals surface area (Å²) in [6, 6.07) is 10.1. The van der Waals surface area contributed by atoms with Gasteiger partial charge in [0.2, 0.25) is 5.91 Å². The largest absolute Gasteiger partial charge is 0.350 e. The molecule has 118 valence electrons. The molecule has 3 N–H and O–H groups in total. The molecule has 3 nitrogen and oxygen atoms in total. The van der Waals surface area contributed by atoms with Gasteiger partial charge in [0, 0.05) is 6.42 Å². The van der Waals surface area contributed by atoms with E-state index < -0.39 is 0 Å². The zero-order valence-corrected chi connectivity index (χ0v) is 13.6. The highest BCUT2D eigenvalue weighted by Gasteiger charge is 2.33. The van der Waals surface area contributed by atoms with Gasteiger partial charge in [-0.25, -0.2) is 0 Å². The van der Waals surface area contributed by atoms with Gasteiger partial charge in [-0.05, 0) is 37.3 Å². The summed E-state index contributed by atoms with van der Waals surface area (Å²) in [5.74, 6) is 0.133. The highest BCUT2D eigenvalue weighted by Crippen LogP contribution is 2.38. The number of amides is 1. The molecule has 1 aromatic carbocycles. The molecule has 1 saturated carbocycles. The molecule has 0 saturated heterocycles. The fourth-order valence-corrected chi connectivity index (χ4v) is 3.21. The maximum Gasteiger partial charge on any atom is 0.221 e. The lowest BCUT2D eigenvalue weighted by molar-refractivity contribution is -0.124. The molecule has 1 amide bonds. The Hall–Kier alpha value is -1.06. The third kappa shape index (κ3) is 5.01. The monoisotopic (exact) mass is 310 g/mol. The van der Waals surface area contributed by atoms with E-state index in [-0.39, 0.29) is 29.8 Å². The maximum absolute atomic E-state index is 12.3. The van der Waals surface area contributed by atoms with Crippen LogP contribution < -0.4 is 11.1 Å². The van der Waals surface area contributed by atoms with Crippen LogP contribution in [-0.4, -0.2) is 12.5 Å². The molecule has 4 heteroatoms. The molecule has 0 aromatic heterocycles. The van der Waals surface area contributed by atoms with Gasteiger partial charge in [0.15, 0.2) is 0 Å². The van der Waals surface area contributed by atoms with Crippen LogP contribution >= 0.6 is 12.4 Å². The first-order valence-electron chi connectivity index (χ1n) is 7.70. The maximum atomic E-state index is 12.3. The third-order valence-electron chi connectivity index (χ3n) is 4.56. The van der Waals surface area contributed by atoms with Gasteiger partial charge in [-0.1, -0.05) is 49.6 Å². The molecule has 0 spiro atoms. The van der Waals surface area contributed by atoms with Crippen LogP contribution in [0.5, 0.6) is 0 Å². The standard InChI is InChI=1S/C17H26N2O.ClH/c1-14(15-8-4-2-5-9-15)19-16(20)12-17(13-18)10-6-3-7-11-17;/h2,4-5,8-9,14H,3,6-7,10-13,18H2,1H3,(H,19,20);1H. The van der Waals surface area contributed by atoms with Crippen molar-refractivity contribution in [2.45, 2.75) is 51.5 Å². The van der Waals surface area contributed by atoms with Crippen molar-refractivity contribution < 1.29 is 4.79 Å². The Balaban J connectivity index is 0.00000220. The molecule has 1 aromatic rings. The Labute approximate surface area is 134 Å². The summed E-state index contributed by atoms with van der Waals surface area (Å²) >= 11 is 0. The SMILES string of the molecule is CC(NC(=O)CC1(CN)CCCCC1)c1ccccc1.Cl. The Morgan fingerprint density at radius 3 is 2.43 bits per heavy atom. The first kappa shape index (κ1) is 18.0. The number of carbonyl (C=O) groups excluding carboxylic acids is 1. The first-order valence-corrected chi connectivity index (χ1v) is 7.70. The van der Waals surface area contributed by atoms with Crippen molar-refractivity contribution in [2.24, 2.45) is 11.1 Å². The first-order chi connectivity index (χ1) is 9.65. The zero-order valence-electron chi connectivity index (χ0n) is 12.8. The predicted molar refractivity (Wildman–Crippen MR) is 89.4 cm³/mol. The number of nitrogens with one attached hydrogen (secondary N) is 1. The highest BCUT2D eigenvalue weighted by molar-refractivity contribution is 5.85. The molecule has 1 atom stereocenters. The van der Waals surface area contributed by atoms with Crippen LogP contribution in [0.3, 0.4) is 0 Å². The summed E-state index contributed by atoms with van der Waals surface area (Å²) < 4.78 is 0. The lowest BCUT2D eigenvalue weighted by atomic mass is 9.71.